The molecule has 1 atom stereocenters. The average molecular weight is 313 g/mol. The van der Waals surface area contributed by atoms with Crippen LogP contribution in [0.15, 0.2) is 53.9 Å². The van der Waals surface area contributed by atoms with E-state index in [9.17, 15) is 4.79 Å². The molecule has 22 heavy (non-hydrogen) atoms. The Morgan fingerprint density at radius 1 is 1.23 bits per heavy atom. The van der Waals surface area contributed by atoms with Gasteiger partial charge in [-0.15, -0.1) is 5.10 Å². The van der Waals surface area contributed by atoms with E-state index in [1.807, 2.05) is 30.3 Å². The Bertz CT molecular complexity index is 754. The van der Waals surface area contributed by atoms with E-state index in [-0.39, 0.29) is 11.2 Å². The number of benzene rings is 1. The molecule has 0 spiro atoms. The maximum Gasteiger partial charge on any atom is 0.253 e. The number of fused-ring (bicyclic) bond motifs is 1. The number of hydrogen-bond donors (Lipinski definition) is 0. The third kappa shape index (κ3) is 2.94. The molecule has 7 heteroatoms. The quantitative estimate of drug-likeness (QED) is 0.690. The number of hydrogen-bond acceptors (Lipinski definition) is 5. The van der Waals surface area contributed by atoms with Gasteiger partial charge in [0.05, 0.1) is 0 Å². The monoisotopic (exact) mass is 313 g/mol. The second kappa shape index (κ2) is 6.15. The summed E-state index contributed by atoms with van der Waals surface area (Å²) < 4.78 is 1.60. The van der Waals surface area contributed by atoms with E-state index < -0.39 is 0 Å². The van der Waals surface area contributed by atoms with Gasteiger partial charge in [-0.1, -0.05) is 42.1 Å². The van der Waals surface area contributed by atoms with E-state index in [1.165, 1.54) is 11.8 Å². The molecule has 0 fully saturated rings. The fourth-order valence-corrected chi connectivity index (χ4v) is 3.08. The molecular weight excluding hydrogens is 298 g/mol. The fourth-order valence-electron chi connectivity index (χ4n) is 1.99. The lowest BCUT2D eigenvalue weighted by Gasteiger charge is -2.19. The van der Waals surface area contributed by atoms with Crippen LogP contribution < -0.4 is 0 Å². The molecule has 3 aromatic rings. The Balaban J connectivity index is 1.94. The summed E-state index contributed by atoms with van der Waals surface area (Å²) in [5.74, 6) is 0.525. The van der Waals surface area contributed by atoms with Crippen molar-refractivity contribution in [3.8, 4) is 0 Å². The molecule has 0 aliphatic carbocycles. The van der Waals surface area contributed by atoms with Gasteiger partial charge in [0.1, 0.15) is 5.25 Å². The van der Waals surface area contributed by atoms with Crippen molar-refractivity contribution in [1.29, 1.82) is 0 Å². The molecule has 1 aromatic carbocycles. The number of nitrogens with zero attached hydrogens (tertiary/aromatic N) is 5. The first-order valence-corrected chi connectivity index (χ1v) is 7.63. The molecule has 0 N–H and O–H groups in total. The summed E-state index contributed by atoms with van der Waals surface area (Å²) in [5.41, 5.74) is 0.929. The van der Waals surface area contributed by atoms with Crippen LogP contribution in [0.2, 0.25) is 0 Å². The lowest BCUT2D eigenvalue weighted by Crippen LogP contribution is -2.26. The molecule has 1 amide bonds. The molecule has 1 unspecified atom stereocenters. The molecule has 0 saturated carbocycles. The summed E-state index contributed by atoms with van der Waals surface area (Å²) in [5, 5.41) is 4.50. The molecule has 112 valence electrons. The summed E-state index contributed by atoms with van der Waals surface area (Å²) in [6, 6.07) is 11.4. The summed E-state index contributed by atoms with van der Waals surface area (Å²) in [4.78, 5) is 22.6. The van der Waals surface area contributed by atoms with Crippen molar-refractivity contribution >= 4 is 23.4 Å². The molecule has 0 radical (unpaired) electrons. The number of likely N-dealkylation sites (N-methyl/N-ethyl adjacent to an activating group) is 1. The first kappa shape index (κ1) is 14.5. The summed E-state index contributed by atoms with van der Waals surface area (Å²) in [6.45, 7) is 0. The van der Waals surface area contributed by atoms with Crippen molar-refractivity contribution in [3.63, 3.8) is 0 Å². The first-order valence-electron chi connectivity index (χ1n) is 6.75. The Morgan fingerprint density at radius 3 is 2.68 bits per heavy atom. The minimum Gasteiger partial charge on any atom is -0.348 e. The smallest absolute Gasteiger partial charge is 0.253 e. The third-order valence-corrected chi connectivity index (χ3v) is 4.18. The standard InChI is InChI=1S/C15H15N5OS/c1-19(2)13(21)12(11-7-4-3-5-8-11)22-15-17-14-16-9-6-10-20(14)18-15/h3-10,12H,1-2H3. The topological polar surface area (TPSA) is 63.4 Å². The highest BCUT2D eigenvalue weighted by Gasteiger charge is 2.25. The molecule has 2 aromatic heterocycles. The van der Waals surface area contributed by atoms with Crippen molar-refractivity contribution in [2.24, 2.45) is 0 Å². The van der Waals surface area contributed by atoms with Gasteiger partial charge >= 0.3 is 0 Å². The summed E-state index contributed by atoms with van der Waals surface area (Å²) in [7, 11) is 3.50. The van der Waals surface area contributed by atoms with Crippen molar-refractivity contribution in [3.05, 3.63) is 54.4 Å². The molecule has 3 rings (SSSR count). The van der Waals surface area contributed by atoms with Gasteiger partial charge in [0.15, 0.2) is 0 Å². The van der Waals surface area contributed by atoms with Crippen LogP contribution in [-0.2, 0) is 4.79 Å². The average Bonchev–Trinajstić information content (AvgIpc) is 2.95. The van der Waals surface area contributed by atoms with Crippen LogP contribution in [0.3, 0.4) is 0 Å². The van der Waals surface area contributed by atoms with E-state index in [0.717, 1.165) is 5.56 Å². The number of carbonyl (C=O) groups excluding carboxylic acids is 1. The zero-order chi connectivity index (χ0) is 15.5. The van der Waals surface area contributed by atoms with Crippen LogP contribution in [0.25, 0.3) is 5.78 Å². The van der Waals surface area contributed by atoms with Gasteiger partial charge in [0.25, 0.3) is 5.78 Å². The van der Waals surface area contributed by atoms with E-state index in [2.05, 4.69) is 15.1 Å². The summed E-state index contributed by atoms with van der Waals surface area (Å²) in [6.07, 6.45) is 3.45. The van der Waals surface area contributed by atoms with Crippen molar-refractivity contribution < 1.29 is 4.79 Å². The van der Waals surface area contributed by atoms with E-state index in [1.54, 1.807) is 42.0 Å². The number of thioether (sulfide) groups is 1. The summed E-state index contributed by atoms with van der Waals surface area (Å²) >= 11 is 1.33. The Kier molecular flexibility index (Phi) is 4.06. The number of aromatic nitrogens is 4. The van der Waals surface area contributed by atoms with Gasteiger partial charge in [-0.3, -0.25) is 4.79 Å². The van der Waals surface area contributed by atoms with E-state index in [0.29, 0.717) is 10.9 Å². The SMILES string of the molecule is CN(C)C(=O)C(Sc1nc2ncccn2n1)c1ccccc1. The molecule has 0 aliphatic rings. The number of amides is 1. The van der Waals surface area contributed by atoms with Crippen molar-refractivity contribution in [2.75, 3.05) is 14.1 Å². The van der Waals surface area contributed by atoms with Crippen LogP contribution in [0.4, 0.5) is 0 Å². The largest absolute Gasteiger partial charge is 0.348 e. The van der Waals surface area contributed by atoms with Gasteiger partial charge in [0, 0.05) is 26.5 Å². The Morgan fingerprint density at radius 2 is 2.00 bits per heavy atom. The van der Waals surface area contributed by atoms with Gasteiger partial charge in [-0.2, -0.15) is 4.98 Å². The Hall–Kier alpha value is -2.41. The van der Waals surface area contributed by atoms with Gasteiger partial charge < -0.3 is 4.90 Å². The molecule has 0 aliphatic heterocycles. The van der Waals surface area contributed by atoms with Crippen LogP contribution in [0, 0.1) is 0 Å². The molecule has 6 nitrogen and oxygen atoms in total. The minimum absolute atomic E-state index is 0.00279. The highest BCUT2D eigenvalue weighted by molar-refractivity contribution is 8.00. The molecular formula is C15H15N5OS. The van der Waals surface area contributed by atoms with E-state index in [4.69, 9.17) is 0 Å². The second-order valence-electron chi connectivity index (χ2n) is 4.90. The molecule has 0 bridgehead atoms. The predicted octanol–water partition coefficient (Wildman–Crippen LogP) is 2.05. The third-order valence-electron chi connectivity index (χ3n) is 3.09. The highest BCUT2D eigenvalue weighted by Crippen LogP contribution is 2.34. The van der Waals surface area contributed by atoms with Crippen LogP contribution in [0.5, 0.6) is 0 Å². The van der Waals surface area contributed by atoms with Crippen molar-refractivity contribution in [2.45, 2.75) is 10.4 Å². The van der Waals surface area contributed by atoms with Gasteiger partial charge in [0.2, 0.25) is 11.1 Å². The van der Waals surface area contributed by atoms with Gasteiger partial charge in [-0.25, -0.2) is 9.50 Å². The lowest BCUT2D eigenvalue weighted by atomic mass is 10.1. The number of rotatable bonds is 4. The zero-order valence-electron chi connectivity index (χ0n) is 12.2. The fraction of sp³-hybridized carbons (Fsp3) is 0.200. The minimum atomic E-state index is -0.381. The maximum absolute atomic E-state index is 12.5. The number of carbonyl (C=O) groups is 1. The first-order chi connectivity index (χ1) is 10.6. The second-order valence-corrected chi connectivity index (χ2v) is 5.97. The van der Waals surface area contributed by atoms with Crippen LogP contribution in [-0.4, -0.2) is 44.5 Å². The maximum atomic E-state index is 12.5. The van der Waals surface area contributed by atoms with Gasteiger partial charge in [-0.05, 0) is 11.6 Å². The van der Waals surface area contributed by atoms with Crippen LogP contribution >= 0.6 is 11.8 Å². The van der Waals surface area contributed by atoms with Crippen LogP contribution in [0.1, 0.15) is 10.8 Å². The highest BCUT2D eigenvalue weighted by atomic mass is 32.2. The zero-order valence-corrected chi connectivity index (χ0v) is 13.1. The predicted molar refractivity (Wildman–Crippen MR) is 84.5 cm³/mol. The van der Waals surface area contributed by atoms with E-state index >= 15 is 0 Å². The Labute approximate surface area is 132 Å². The molecule has 0 saturated heterocycles. The van der Waals surface area contributed by atoms with Crippen molar-refractivity contribution in [1.82, 2.24) is 24.5 Å². The molecule has 2 heterocycles. The normalized spacial score (nSPS) is 12.3. The lowest BCUT2D eigenvalue weighted by molar-refractivity contribution is -0.128.